The second-order valence-electron chi connectivity index (χ2n) is 4.98. The maximum atomic E-state index is 5.88. The molecular weight excluding hydrogens is 280 g/mol. The van der Waals surface area contributed by atoms with Crippen LogP contribution in [0.25, 0.3) is 10.2 Å². The molecule has 0 unspecified atom stereocenters. The van der Waals surface area contributed by atoms with Crippen molar-refractivity contribution in [3.63, 3.8) is 0 Å². The molecule has 0 aliphatic heterocycles. The highest BCUT2D eigenvalue weighted by molar-refractivity contribution is 7.18. The van der Waals surface area contributed by atoms with Crippen LogP contribution in [-0.2, 0) is 6.54 Å². The molecule has 0 amide bonds. The Balaban J connectivity index is 2.04. The lowest BCUT2D eigenvalue weighted by Crippen LogP contribution is -2.23. The second kappa shape index (κ2) is 5.69. The van der Waals surface area contributed by atoms with E-state index >= 15 is 0 Å². The van der Waals surface area contributed by atoms with Crippen LogP contribution < -0.4 is 10.6 Å². The lowest BCUT2D eigenvalue weighted by Gasteiger charge is -2.23. The largest absolute Gasteiger partial charge is 0.368 e. The zero-order valence-corrected chi connectivity index (χ0v) is 13.0. The normalized spacial score (nSPS) is 11.0. The summed E-state index contributed by atoms with van der Waals surface area (Å²) in [5.41, 5.74) is 7.14. The number of benzene rings is 1. The zero-order valence-electron chi connectivity index (χ0n) is 12.2. The van der Waals surface area contributed by atoms with Gasteiger partial charge in [-0.25, -0.2) is 4.98 Å². The van der Waals surface area contributed by atoms with E-state index in [0.29, 0.717) is 5.95 Å². The first-order chi connectivity index (χ1) is 10.2. The summed E-state index contributed by atoms with van der Waals surface area (Å²) in [4.78, 5) is 13.2. The average molecular weight is 298 g/mol. The Labute approximate surface area is 128 Å². The Hall–Kier alpha value is -2.14. The zero-order chi connectivity index (χ0) is 14.8. The topological polar surface area (TPSA) is 55.0 Å². The van der Waals surface area contributed by atoms with Gasteiger partial charge in [0.2, 0.25) is 5.95 Å². The molecule has 0 aliphatic rings. The van der Waals surface area contributed by atoms with Crippen molar-refractivity contribution < 1.29 is 0 Å². The van der Waals surface area contributed by atoms with E-state index in [9.17, 15) is 0 Å². The molecule has 2 aromatic heterocycles. The standard InChI is InChI=1S/C16H18N4S/c1-3-20(10-12-7-5-4-6-8-12)14-13-9-11(2)21-15(13)19-16(17)18-14/h4-9H,3,10H2,1-2H3,(H2,17,18,19). The molecule has 0 saturated heterocycles. The van der Waals surface area contributed by atoms with Gasteiger partial charge in [0.05, 0.1) is 5.39 Å². The summed E-state index contributed by atoms with van der Waals surface area (Å²) in [6.45, 7) is 5.90. The van der Waals surface area contributed by atoms with Crippen LogP contribution in [0, 0.1) is 6.92 Å². The van der Waals surface area contributed by atoms with Crippen LogP contribution in [0.4, 0.5) is 11.8 Å². The summed E-state index contributed by atoms with van der Waals surface area (Å²) < 4.78 is 0. The lowest BCUT2D eigenvalue weighted by molar-refractivity contribution is 0.818. The quantitative estimate of drug-likeness (QED) is 0.799. The molecule has 0 aliphatic carbocycles. The van der Waals surface area contributed by atoms with Crippen molar-refractivity contribution >= 4 is 33.3 Å². The van der Waals surface area contributed by atoms with Gasteiger partial charge in [0.25, 0.3) is 0 Å². The minimum atomic E-state index is 0.339. The summed E-state index contributed by atoms with van der Waals surface area (Å²) >= 11 is 1.66. The molecule has 0 radical (unpaired) electrons. The van der Waals surface area contributed by atoms with Gasteiger partial charge in [-0.1, -0.05) is 30.3 Å². The Morgan fingerprint density at radius 3 is 2.67 bits per heavy atom. The minimum absolute atomic E-state index is 0.339. The third-order valence-electron chi connectivity index (χ3n) is 3.41. The molecule has 5 heteroatoms. The number of aromatic nitrogens is 2. The monoisotopic (exact) mass is 298 g/mol. The summed E-state index contributed by atoms with van der Waals surface area (Å²) in [6, 6.07) is 12.5. The van der Waals surface area contributed by atoms with E-state index in [1.807, 2.05) is 6.07 Å². The van der Waals surface area contributed by atoms with Gasteiger partial charge in [-0.3, -0.25) is 0 Å². The number of anilines is 2. The smallest absolute Gasteiger partial charge is 0.223 e. The summed E-state index contributed by atoms with van der Waals surface area (Å²) in [7, 11) is 0. The highest BCUT2D eigenvalue weighted by Gasteiger charge is 2.15. The summed E-state index contributed by atoms with van der Waals surface area (Å²) in [6.07, 6.45) is 0. The Bertz CT molecular complexity index is 752. The molecule has 2 N–H and O–H groups in total. The molecule has 0 fully saturated rings. The van der Waals surface area contributed by atoms with Crippen LogP contribution in [0.1, 0.15) is 17.4 Å². The van der Waals surface area contributed by atoms with Crippen molar-refractivity contribution in [2.24, 2.45) is 0 Å². The van der Waals surface area contributed by atoms with Crippen molar-refractivity contribution in [2.45, 2.75) is 20.4 Å². The van der Waals surface area contributed by atoms with E-state index in [2.05, 4.69) is 59.0 Å². The highest BCUT2D eigenvalue weighted by Crippen LogP contribution is 2.31. The third-order valence-corrected chi connectivity index (χ3v) is 4.36. The fourth-order valence-corrected chi connectivity index (χ4v) is 3.31. The molecular formula is C16H18N4S. The van der Waals surface area contributed by atoms with Gasteiger partial charge < -0.3 is 10.6 Å². The van der Waals surface area contributed by atoms with E-state index < -0.39 is 0 Å². The maximum Gasteiger partial charge on any atom is 0.223 e. The van der Waals surface area contributed by atoms with Gasteiger partial charge in [0.15, 0.2) is 0 Å². The SMILES string of the molecule is CCN(Cc1ccccc1)c1nc(N)nc2sc(C)cc12. The number of nitrogens with zero attached hydrogens (tertiary/aromatic N) is 3. The van der Waals surface area contributed by atoms with E-state index in [-0.39, 0.29) is 0 Å². The molecule has 21 heavy (non-hydrogen) atoms. The van der Waals surface area contributed by atoms with E-state index in [1.54, 1.807) is 11.3 Å². The van der Waals surface area contributed by atoms with Crippen molar-refractivity contribution in [3.05, 3.63) is 46.8 Å². The van der Waals surface area contributed by atoms with E-state index in [0.717, 1.165) is 29.1 Å². The Morgan fingerprint density at radius 1 is 1.19 bits per heavy atom. The molecule has 0 bridgehead atoms. The van der Waals surface area contributed by atoms with Crippen LogP contribution in [0.2, 0.25) is 0 Å². The Kier molecular flexibility index (Phi) is 3.75. The van der Waals surface area contributed by atoms with Gasteiger partial charge in [-0.15, -0.1) is 11.3 Å². The van der Waals surface area contributed by atoms with Crippen LogP contribution >= 0.6 is 11.3 Å². The molecule has 0 atom stereocenters. The van der Waals surface area contributed by atoms with Crippen LogP contribution in [0.3, 0.4) is 0 Å². The molecule has 4 nitrogen and oxygen atoms in total. The predicted molar refractivity (Wildman–Crippen MR) is 89.7 cm³/mol. The second-order valence-corrected chi connectivity index (χ2v) is 6.22. The summed E-state index contributed by atoms with van der Waals surface area (Å²) in [5, 5.41) is 1.09. The maximum absolute atomic E-state index is 5.88. The number of rotatable bonds is 4. The van der Waals surface area contributed by atoms with Gasteiger partial charge >= 0.3 is 0 Å². The summed E-state index contributed by atoms with van der Waals surface area (Å²) in [5.74, 6) is 1.26. The van der Waals surface area contributed by atoms with Crippen molar-refractivity contribution in [2.75, 3.05) is 17.2 Å². The molecule has 0 spiro atoms. The first-order valence-corrected chi connectivity index (χ1v) is 7.81. The fraction of sp³-hybridized carbons (Fsp3) is 0.250. The first-order valence-electron chi connectivity index (χ1n) is 7.00. The number of hydrogen-bond donors (Lipinski definition) is 1. The molecule has 2 heterocycles. The van der Waals surface area contributed by atoms with Crippen LogP contribution in [-0.4, -0.2) is 16.5 Å². The molecule has 3 rings (SSSR count). The molecule has 1 aromatic carbocycles. The van der Waals surface area contributed by atoms with Gasteiger partial charge in [-0.2, -0.15) is 4.98 Å². The average Bonchev–Trinajstić information content (AvgIpc) is 2.85. The minimum Gasteiger partial charge on any atom is -0.368 e. The van der Waals surface area contributed by atoms with Crippen molar-refractivity contribution in [1.82, 2.24) is 9.97 Å². The fourth-order valence-electron chi connectivity index (χ4n) is 2.42. The van der Waals surface area contributed by atoms with Gasteiger partial charge in [0, 0.05) is 18.0 Å². The van der Waals surface area contributed by atoms with E-state index in [4.69, 9.17) is 5.73 Å². The van der Waals surface area contributed by atoms with Crippen LogP contribution in [0.15, 0.2) is 36.4 Å². The lowest BCUT2D eigenvalue weighted by atomic mass is 10.2. The van der Waals surface area contributed by atoms with Crippen LogP contribution in [0.5, 0.6) is 0 Å². The number of fused-ring (bicyclic) bond motifs is 1. The third kappa shape index (κ3) is 2.83. The van der Waals surface area contributed by atoms with Crippen molar-refractivity contribution in [1.29, 1.82) is 0 Å². The molecule has 3 aromatic rings. The number of nitrogen functional groups attached to an aromatic ring is 1. The van der Waals surface area contributed by atoms with Gasteiger partial charge in [0.1, 0.15) is 10.6 Å². The molecule has 108 valence electrons. The van der Waals surface area contributed by atoms with E-state index in [1.165, 1.54) is 10.4 Å². The number of thiophene rings is 1. The number of aryl methyl sites for hydroxylation is 1. The highest BCUT2D eigenvalue weighted by atomic mass is 32.1. The van der Waals surface area contributed by atoms with Crippen molar-refractivity contribution in [3.8, 4) is 0 Å². The first kappa shape index (κ1) is 13.8. The molecule has 0 saturated carbocycles. The predicted octanol–water partition coefficient (Wildman–Crippen LogP) is 3.61. The number of nitrogens with two attached hydrogens (primary N) is 1. The van der Waals surface area contributed by atoms with Gasteiger partial charge in [-0.05, 0) is 25.5 Å². The number of hydrogen-bond acceptors (Lipinski definition) is 5. The Morgan fingerprint density at radius 2 is 1.95 bits per heavy atom.